The highest BCUT2D eigenvalue weighted by Crippen LogP contribution is 2.02. The van der Waals surface area contributed by atoms with Crippen molar-refractivity contribution < 1.29 is 18.5 Å². The molecule has 0 saturated carbocycles. The van der Waals surface area contributed by atoms with Crippen LogP contribution in [-0.2, 0) is 25.1 Å². The summed E-state index contributed by atoms with van der Waals surface area (Å²) in [6.07, 6.45) is 0. The summed E-state index contributed by atoms with van der Waals surface area (Å²) < 4.78 is 15.8. The number of carbonyl (C=O) groups is 2. The largest absolute Gasteiger partial charge is 0.467 e. The molecule has 0 radical (unpaired) electrons. The average Bonchev–Trinajstić information content (AvgIpc) is 2.29. The standard InChI is InChI=1S/C10H18N2O4S/c1-8(13)11-9(10(14)16-2)7-12-3-5-17(15)6-4-12/h9H,3-7H2,1-2H3,(H,11,13). The number of rotatable bonds is 4. The van der Waals surface area contributed by atoms with E-state index in [2.05, 4.69) is 10.1 Å². The van der Waals surface area contributed by atoms with Gasteiger partial charge in [0.05, 0.1) is 7.11 Å². The summed E-state index contributed by atoms with van der Waals surface area (Å²) in [5.41, 5.74) is 0. The first kappa shape index (κ1) is 14.1. The number of esters is 1. The van der Waals surface area contributed by atoms with Crippen molar-refractivity contribution in [1.82, 2.24) is 10.2 Å². The number of amides is 1. The summed E-state index contributed by atoms with van der Waals surface area (Å²) in [6, 6.07) is -0.649. The Balaban J connectivity index is 2.50. The molecule has 1 rings (SSSR count). The van der Waals surface area contributed by atoms with Gasteiger partial charge in [-0.2, -0.15) is 0 Å². The molecular formula is C10H18N2O4S. The first-order valence-corrected chi connectivity index (χ1v) is 6.94. The molecule has 6 nitrogen and oxygen atoms in total. The number of nitrogens with zero attached hydrogens (tertiary/aromatic N) is 1. The zero-order valence-electron chi connectivity index (χ0n) is 10.1. The van der Waals surface area contributed by atoms with Crippen LogP contribution in [-0.4, -0.2) is 65.3 Å². The van der Waals surface area contributed by atoms with Gasteiger partial charge in [-0.25, -0.2) is 4.79 Å². The fraction of sp³-hybridized carbons (Fsp3) is 0.800. The van der Waals surface area contributed by atoms with Gasteiger partial charge >= 0.3 is 5.97 Å². The van der Waals surface area contributed by atoms with Gasteiger partial charge in [0, 0.05) is 48.9 Å². The van der Waals surface area contributed by atoms with Gasteiger partial charge in [0.25, 0.3) is 0 Å². The molecule has 0 aromatic heterocycles. The van der Waals surface area contributed by atoms with Crippen LogP contribution in [0, 0.1) is 0 Å². The topological polar surface area (TPSA) is 75.7 Å². The normalized spacial score (nSPS) is 19.6. The molecular weight excluding hydrogens is 244 g/mol. The molecule has 1 atom stereocenters. The third-order valence-corrected chi connectivity index (χ3v) is 3.85. The highest BCUT2D eigenvalue weighted by Gasteiger charge is 2.25. The van der Waals surface area contributed by atoms with E-state index in [-0.39, 0.29) is 5.91 Å². The van der Waals surface area contributed by atoms with Crippen molar-refractivity contribution in [2.75, 3.05) is 38.2 Å². The van der Waals surface area contributed by atoms with Crippen LogP contribution in [0.3, 0.4) is 0 Å². The molecule has 0 aliphatic carbocycles. The molecule has 0 aromatic rings. The molecule has 1 fully saturated rings. The van der Waals surface area contributed by atoms with Crippen LogP contribution in [0.4, 0.5) is 0 Å². The van der Waals surface area contributed by atoms with Crippen LogP contribution < -0.4 is 5.32 Å². The first-order valence-electron chi connectivity index (χ1n) is 5.45. The molecule has 0 spiro atoms. The third-order valence-electron chi connectivity index (χ3n) is 2.57. The number of hydrogen-bond acceptors (Lipinski definition) is 5. The zero-order chi connectivity index (χ0) is 12.8. The minimum atomic E-state index is -0.744. The average molecular weight is 262 g/mol. The summed E-state index contributed by atoms with van der Waals surface area (Å²) in [5, 5.41) is 2.56. The predicted molar refractivity (Wildman–Crippen MR) is 63.9 cm³/mol. The summed E-state index contributed by atoms with van der Waals surface area (Å²) in [6.45, 7) is 3.13. The second-order valence-electron chi connectivity index (χ2n) is 3.92. The lowest BCUT2D eigenvalue weighted by Crippen LogP contribution is -2.51. The molecule has 0 aromatic carbocycles. The molecule has 1 aliphatic rings. The maximum absolute atomic E-state index is 11.5. The van der Waals surface area contributed by atoms with E-state index in [0.29, 0.717) is 31.1 Å². The van der Waals surface area contributed by atoms with Crippen molar-refractivity contribution in [2.24, 2.45) is 0 Å². The van der Waals surface area contributed by atoms with Gasteiger partial charge in [-0.3, -0.25) is 13.9 Å². The molecule has 1 saturated heterocycles. The molecule has 1 aliphatic heterocycles. The third kappa shape index (κ3) is 4.82. The molecule has 17 heavy (non-hydrogen) atoms. The van der Waals surface area contributed by atoms with Crippen LogP contribution in [0.1, 0.15) is 6.92 Å². The number of nitrogens with one attached hydrogen (secondary N) is 1. The fourth-order valence-electron chi connectivity index (χ4n) is 1.68. The Labute approximate surface area is 103 Å². The zero-order valence-corrected chi connectivity index (χ0v) is 10.9. The van der Waals surface area contributed by atoms with E-state index >= 15 is 0 Å². The number of ether oxygens (including phenoxy) is 1. The minimum absolute atomic E-state index is 0.263. The van der Waals surface area contributed by atoms with Gasteiger partial charge < -0.3 is 10.1 Å². The van der Waals surface area contributed by atoms with Crippen molar-refractivity contribution in [2.45, 2.75) is 13.0 Å². The Morgan fingerprint density at radius 1 is 1.41 bits per heavy atom. The summed E-state index contributed by atoms with van der Waals surface area (Å²) in [7, 11) is 0.550. The summed E-state index contributed by atoms with van der Waals surface area (Å²) in [5.74, 6) is 0.523. The van der Waals surface area contributed by atoms with Crippen molar-refractivity contribution in [3.05, 3.63) is 0 Å². The molecule has 1 heterocycles. The van der Waals surface area contributed by atoms with Gasteiger partial charge in [-0.15, -0.1) is 0 Å². The second kappa shape index (κ2) is 6.70. The van der Waals surface area contributed by atoms with Crippen molar-refractivity contribution in [3.63, 3.8) is 0 Å². The van der Waals surface area contributed by atoms with E-state index in [9.17, 15) is 13.8 Å². The monoisotopic (exact) mass is 262 g/mol. The Bertz CT molecular complexity index is 311. The molecule has 1 amide bonds. The van der Waals surface area contributed by atoms with Crippen LogP contribution in [0.15, 0.2) is 0 Å². The molecule has 98 valence electrons. The van der Waals surface area contributed by atoms with E-state index in [1.54, 1.807) is 0 Å². The van der Waals surface area contributed by atoms with Gasteiger partial charge in [0.1, 0.15) is 6.04 Å². The smallest absolute Gasteiger partial charge is 0.329 e. The summed E-state index contributed by atoms with van der Waals surface area (Å²) in [4.78, 5) is 24.5. The maximum atomic E-state index is 11.5. The van der Waals surface area contributed by atoms with E-state index in [1.165, 1.54) is 14.0 Å². The van der Waals surface area contributed by atoms with Crippen LogP contribution >= 0.6 is 0 Å². The Morgan fingerprint density at radius 2 is 2.00 bits per heavy atom. The second-order valence-corrected chi connectivity index (χ2v) is 5.62. The Hall–Kier alpha value is -0.950. The first-order chi connectivity index (χ1) is 8.02. The number of hydrogen-bond donors (Lipinski definition) is 1. The lowest BCUT2D eigenvalue weighted by Gasteiger charge is -2.29. The summed E-state index contributed by atoms with van der Waals surface area (Å²) >= 11 is 0. The van der Waals surface area contributed by atoms with Crippen molar-refractivity contribution >= 4 is 22.7 Å². The number of carbonyl (C=O) groups excluding carboxylic acids is 2. The quantitative estimate of drug-likeness (QED) is 0.639. The lowest BCUT2D eigenvalue weighted by molar-refractivity contribution is -0.145. The van der Waals surface area contributed by atoms with E-state index in [4.69, 9.17) is 0 Å². The molecule has 0 bridgehead atoms. The molecule has 1 N–H and O–H groups in total. The van der Waals surface area contributed by atoms with Gasteiger partial charge in [0.2, 0.25) is 5.91 Å². The molecule has 1 unspecified atom stereocenters. The van der Waals surface area contributed by atoms with E-state index in [1.807, 2.05) is 4.90 Å². The van der Waals surface area contributed by atoms with E-state index < -0.39 is 22.8 Å². The van der Waals surface area contributed by atoms with Gasteiger partial charge in [-0.05, 0) is 0 Å². The Morgan fingerprint density at radius 3 is 2.47 bits per heavy atom. The van der Waals surface area contributed by atoms with Gasteiger partial charge in [-0.1, -0.05) is 0 Å². The van der Waals surface area contributed by atoms with Crippen LogP contribution in [0.2, 0.25) is 0 Å². The van der Waals surface area contributed by atoms with Crippen molar-refractivity contribution in [3.8, 4) is 0 Å². The highest BCUT2D eigenvalue weighted by atomic mass is 32.2. The SMILES string of the molecule is COC(=O)C(CN1CCS(=O)CC1)NC(C)=O. The lowest BCUT2D eigenvalue weighted by atomic mass is 10.2. The molecule has 7 heteroatoms. The highest BCUT2D eigenvalue weighted by molar-refractivity contribution is 7.85. The Kier molecular flexibility index (Phi) is 5.57. The predicted octanol–water partition coefficient (Wildman–Crippen LogP) is -1.27. The minimum Gasteiger partial charge on any atom is -0.467 e. The van der Waals surface area contributed by atoms with E-state index in [0.717, 1.165) is 0 Å². The number of methoxy groups -OCH3 is 1. The fourth-order valence-corrected chi connectivity index (χ4v) is 2.81. The van der Waals surface area contributed by atoms with Crippen molar-refractivity contribution in [1.29, 1.82) is 0 Å². The van der Waals surface area contributed by atoms with Crippen LogP contribution in [0.5, 0.6) is 0 Å². The van der Waals surface area contributed by atoms with Crippen LogP contribution in [0.25, 0.3) is 0 Å². The maximum Gasteiger partial charge on any atom is 0.329 e. The van der Waals surface area contributed by atoms with Gasteiger partial charge in [0.15, 0.2) is 0 Å².